The molecule has 86 valence electrons. The number of halogens is 1. The van der Waals surface area contributed by atoms with Crippen molar-refractivity contribution in [3.05, 3.63) is 29.0 Å². The van der Waals surface area contributed by atoms with Crippen molar-refractivity contribution in [3.8, 4) is 5.75 Å². The van der Waals surface area contributed by atoms with Crippen LogP contribution in [0.3, 0.4) is 0 Å². The molecule has 0 aliphatic carbocycles. The minimum Gasteiger partial charge on any atom is -0.492 e. The summed E-state index contributed by atoms with van der Waals surface area (Å²) in [5.74, 6) is 0.474. The van der Waals surface area contributed by atoms with Crippen LogP contribution in [0.5, 0.6) is 5.75 Å². The third kappa shape index (κ3) is 1.75. The van der Waals surface area contributed by atoms with Crippen LogP contribution >= 0.6 is 11.6 Å². The summed E-state index contributed by atoms with van der Waals surface area (Å²) in [7, 11) is 1.51. The second-order valence-electron chi connectivity index (χ2n) is 3.41. The van der Waals surface area contributed by atoms with Crippen molar-refractivity contribution in [2.75, 3.05) is 13.7 Å². The molecule has 0 radical (unpaired) electrons. The predicted molar refractivity (Wildman–Crippen MR) is 61.8 cm³/mol. The van der Waals surface area contributed by atoms with Gasteiger partial charge < -0.3 is 20.0 Å². The number of rotatable bonds is 3. The quantitative estimate of drug-likeness (QED) is 0.863. The summed E-state index contributed by atoms with van der Waals surface area (Å²) in [5, 5.41) is 10.8. The van der Waals surface area contributed by atoms with Crippen LogP contribution in [0, 0.1) is 0 Å². The fourth-order valence-electron chi connectivity index (χ4n) is 1.66. The van der Waals surface area contributed by atoms with E-state index in [9.17, 15) is 5.11 Å². The first-order valence-electron chi connectivity index (χ1n) is 4.81. The average molecular weight is 242 g/mol. The molecule has 2 aromatic rings. The summed E-state index contributed by atoms with van der Waals surface area (Å²) in [6.45, 7) is 0.121. The van der Waals surface area contributed by atoms with Crippen LogP contribution in [0.15, 0.2) is 22.6 Å². The van der Waals surface area contributed by atoms with Crippen LogP contribution in [0.2, 0.25) is 5.22 Å². The fraction of sp³-hybridized carbons (Fsp3) is 0.273. The Morgan fingerprint density at radius 3 is 2.94 bits per heavy atom. The minimum atomic E-state index is -0.775. The Morgan fingerprint density at radius 1 is 1.56 bits per heavy atom. The second-order valence-corrected chi connectivity index (χ2v) is 3.78. The third-order valence-electron chi connectivity index (χ3n) is 2.43. The Balaban J connectivity index is 2.66. The van der Waals surface area contributed by atoms with Crippen molar-refractivity contribution in [3.63, 3.8) is 0 Å². The molecule has 3 N–H and O–H groups in total. The maximum absolute atomic E-state index is 9.73. The highest BCUT2D eigenvalue weighted by Gasteiger charge is 2.17. The van der Waals surface area contributed by atoms with Gasteiger partial charge >= 0.3 is 0 Å². The summed E-state index contributed by atoms with van der Waals surface area (Å²) < 4.78 is 10.5. The van der Waals surface area contributed by atoms with Crippen molar-refractivity contribution < 1.29 is 14.3 Å². The zero-order chi connectivity index (χ0) is 11.7. The predicted octanol–water partition coefficient (Wildman–Crippen LogP) is 2.09. The van der Waals surface area contributed by atoms with E-state index in [1.54, 1.807) is 18.2 Å². The van der Waals surface area contributed by atoms with E-state index in [4.69, 9.17) is 26.5 Å². The molecule has 1 atom stereocenters. The summed E-state index contributed by atoms with van der Waals surface area (Å²) in [5.41, 5.74) is 6.54. The van der Waals surface area contributed by atoms with Gasteiger partial charge in [0.2, 0.25) is 0 Å². The van der Waals surface area contributed by atoms with E-state index in [-0.39, 0.29) is 11.8 Å². The molecule has 0 aliphatic rings. The number of aliphatic hydroxyl groups is 1. The maximum atomic E-state index is 9.73. The highest BCUT2D eigenvalue weighted by atomic mass is 35.5. The van der Waals surface area contributed by atoms with E-state index in [1.165, 1.54) is 7.11 Å². The summed E-state index contributed by atoms with van der Waals surface area (Å²) in [6.07, 6.45) is -0.775. The summed E-state index contributed by atoms with van der Waals surface area (Å²) in [4.78, 5) is 0. The van der Waals surface area contributed by atoms with Crippen molar-refractivity contribution >= 4 is 22.6 Å². The van der Waals surface area contributed by atoms with Gasteiger partial charge in [-0.05, 0) is 11.6 Å². The molecule has 0 saturated carbocycles. The lowest BCUT2D eigenvalue weighted by molar-refractivity contribution is 0.182. The van der Waals surface area contributed by atoms with E-state index < -0.39 is 6.10 Å². The monoisotopic (exact) mass is 241 g/mol. The Bertz CT molecular complexity index is 509. The van der Waals surface area contributed by atoms with Crippen LogP contribution in [0.25, 0.3) is 11.0 Å². The van der Waals surface area contributed by atoms with Crippen LogP contribution in [-0.2, 0) is 0 Å². The van der Waals surface area contributed by atoms with E-state index in [0.29, 0.717) is 16.9 Å². The molecular formula is C11H12ClNO3. The van der Waals surface area contributed by atoms with E-state index in [0.717, 1.165) is 5.39 Å². The zero-order valence-corrected chi connectivity index (χ0v) is 9.49. The first-order valence-corrected chi connectivity index (χ1v) is 5.19. The Morgan fingerprint density at radius 2 is 2.31 bits per heavy atom. The topological polar surface area (TPSA) is 68.6 Å². The molecule has 0 amide bonds. The molecule has 1 aromatic carbocycles. The van der Waals surface area contributed by atoms with E-state index >= 15 is 0 Å². The molecule has 0 aliphatic heterocycles. The van der Waals surface area contributed by atoms with Gasteiger partial charge in [-0.15, -0.1) is 0 Å². The normalized spacial score (nSPS) is 13.0. The van der Waals surface area contributed by atoms with Crippen LogP contribution < -0.4 is 10.5 Å². The van der Waals surface area contributed by atoms with Gasteiger partial charge in [-0.2, -0.15) is 0 Å². The minimum absolute atomic E-state index is 0.121. The lowest BCUT2D eigenvalue weighted by Gasteiger charge is -2.12. The second kappa shape index (κ2) is 4.33. The number of furan rings is 1. The zero-order valence-electron chi connectivity index (χ0n) is 8.74. The van der Waals surface area contributed by atoms with Crippen LogP contribution in [0.1, 0.15) is 11.7 Å². The van der Waals surface area contributed by atoms with Gasteiger partial charge in [-0.3, -0.25) is 0 Å². The molecule has 4 nitrogen and oxygen atoms in total. The van der Waals surface area contributed by atoms with E-state index in [2.05, 4.69) is 0 Å². The first kappa shape index (κ1) is 11.3. The lowest BCUT2D eigenvalue weighted by Crippen LogP contribution is -2.12. The fourth-order valence-corrected chi connectivity index (χ4v) is 1.86. The molecule has 0 fully saturated rings. The van der Waals surface area contributed by atoms with E-state index in [1.807, 2.05) is 0 Å². The molecule has 0 saturated heterocycles. The average Bonchev–Trinajstić information content (AvgIpc) is 2.66. The molecule has 0 bridgehead atoms. The maximum Gasteiger partial charge on any atom is 0.194 e. The number of hydrogen-bond acceptors (Lipinski definition) is 4. The van der Waals surface area contributed by atoms with Crippen LogP contribution in [-0.4, -0.2) is 18.8 Å². The van der Waals surface area contributed by atoms with Gasteiger partial charge in [-0.1, -0.05) is 12.1 Å². The van der Waals surface area contributed by atoms with Gasteiger partial charge in [-0.25, -0.2) is 0 Å². The number of aliphatic hydroxyl groups excluding tert-OH is 1. The van der Waals surface area contributed by atoms with Crippen molar-refractivity contribution in [2.24, 2.45) is 5.73 Å². The third-order valence-corrected chi connectivity index (χ3v) is 2.61. The smallest absolute Gasteiger partial charge is 0.194 e. The molecule has 2 rings (SSSR count). The molecule has 5 heteroatoms. The highest BCUT2D eigenvalue weighted by Crippen LogP contribution is 2.36. The largest absolute Gasteiger partial charge is 0.492 e. The van der Waals surface area contributed by atoms with Crippen molar-refractivity contribution in [2.45, 2.75) is 6.10 Å². The molecule has 16 heavy (non-hydrogen) atoms. The number of ether oxygens (including phenoxy) is 1. The molecule has 1 unspecified atom stereocenters. The molecular weight excluding hydrogens is 230 g/mol. The molecule has 1 aromatic heterocycles. The van der Waals surface area contributed by atoms with Crippen LogP contribution in [0.4, 0.5) is 0 Å². The van der Waals surface area contributed by atoms with Crippen molar-refractivity contribution in [1.82, 2.24) is 0 Å². The Labute approximate surface area is 97.6 Å². The first-order chi connectivity index (χ1) is 7.67. The number of fused-ring (bicyclic) bond motifs is 1. The summed E-state index contributed by atoms with van der Waals surface area (Å²) in [6, 6.07) is 5.25. The number of nitrogens with two attached hydrogens (primary N) is 1. The Hall–Kier alpha value is -1.23. The summed E-state index contributed by atoms with van der Waals surface area (Å²) >= 11 is 5.77. The lowest BCUT2D eigenvalue weighted by atomic mass is 10.1. The standard InChI is InChI=1S/C11H12ClNO3/c1-15-11-7(8(14)5-13)3-2-6-4-9(12)16-10(6)11/h2-4,8,14H,5,13H2,1H3. The van der Waals surface area contributed by atoms with Gasteiger partial charge in [0.15, 0.2) is 16.6 Å². The highest BCUT2D eigenvalue weighted by molar-refractivity contribution is 6.29. The molecule has 0 spiro atoms. The number of methoxy groups -OCH3 is 1. The van der Waals surface area contributed by atoms with Gasteiger partial charge in [0.05, 0.1) is 13.2 Å². The van der Waals surface area contributed by atoms with Gasteiger partial charge in [0.1, 0.15) is 0 Å². The van der Waals surface area contributed by atoms with Gasteiger partial charge in [0.25, 0.3) is 0 Å². The van der Waals surface area contributed by atoms with Gasteiger partial charge in [0, 0.05) is 23.6 Å². The Kier molecular flexibility index (Phi) is 3.05. The van der Waals surface area contributed by atoms with Crippen molar-refractivity contribution in [1.29, 1.82) is 0 Å². The SMILES string of the molecule is COc1c(C(O)CN)ccc2cc(Cl)oc12. The number of benzene rings is 1. The number of hydrogen-bond donors (Lipinski definition) is 2. The molecule has 1 heterocycles.